The molecule has 3 atom stereocenters. The molecule has 0 spiro atoms. The van der Waals surface area contributed by atoms with Gasteiger partial charge in [0, 0.05) is 30.9 Å². The number of urea groups is 1. The average molecular weight is 464 g/mol. The van der Waals surface area contributed by atoms with Gasteiger partial charge in [0.1, 0.15) is 10.3 Å². The lowest BCUT2D eigenvalue weighted by atomic mass is 9.99. The van der Waals surface area contributed by atoms with E-state index in [0.717, 1.165) is 33.1 Å². The smallest absolute Gasteiger partial charge is 0.327 e. The molecule has 3 aliphatic heterocycles. The van der Waals surface area contributed by atoms with E-state index in [1.165, 1.54) is 17.8 Å². The van der Waals surface area contributed by atoms with Crippen LogP contribution in [0.25, 0.3) is 0 Å². The number of aromatic nitrogens is 1. The van der Waals surface area contributed by atoms with Crippen molar-refractivity contribution < 1.29 is 14.4 Å². The van der Waals surface area contributed by atoms with Crippen molar-refractivity contribution in [1.29, 1.82) is 0 Å². The number of nitrogens with one attached hydrogen (secondary N) is 2. The maximum Gasteiger partial charge on any atom is 0.327 e. The van der Waals surface area contributed by atoms with Gasteiger partial charge in [-0.25, -0.2) is 9.78 Å². The molecule has 9 heteroatoms. The van der Waals surface area contributed by atoms with Crippen molar-refractivity contribution in [3.05, 3.63) is 59.8 Å². The fourth-order valence-corrected chi connectivity index (χ4v) is 6.05. The Bertz CT molecular complexity index is 1180. The van der Waals surface area contributed by atoms with Crippen molar-refractivity contribution in [1.82, 2.24) is 20.5 Å². The first kappa shape index (κ1) is 21.5. The molecule has 5 rings (SSSR count). The molecule has 4 heterocycles. The highest BCUT2D eigenvalue weighted by Gasteiger charge is 2.47. The monoisotopic (exact) mass is 463 g/mol. The Kier molecular flexibility index (Phi) is 5.36. The van der Waals surface area contributed by atoms with E-state index < -0.39 is 11.3 Å². The molecule has 170 valence electrons. The number of hydrogen-bond acceptors (Lipinski definition) is 5. The van der Waals surface area contributed by atoms with Crippen LogP contribution in [0.3, 0.4) is 0 Å². The number of carbonyl (C=O) groups is 3. The summed E-state index contributed by atoms with van der Waals surface area (Å²) >= 11 is 1.37. The summed E-state index contributed by atoms with van der Waals surface area (Å²) in [5.41, 5.74) is 4.55. The lowest BCUT2D eigenvalue weighted by molar-refractivity contribution is -0.126. The number of carbonyl (C=O) groups excluding carboxylic acids is 3. The average Bonchev–Trinajstić information content (AvgIpc) is 3.40. The summed E-state index contributed by atoms with van der Waals surface area (Å²) in [5.74, 6) is -0.290. The minimum absolute atomic E-state index is 0.121. The first-order chi connectivity index (χ1) is 15.9. The highest BCUT2D eigenvalue weighted by molar-refractivity contribution is 8.01. The van der Waals surface area contributed by atoms with Gasteiger partial charge in [-0.15, -0.1) is 0 Å². The van der Waals surface area contributed by atoms with Crippen LogP contribution in [0.2, 0.25) is 0 Å². The molecular weight excluding hydrogens is 438 g/mol. The van der Waals surface area contributed by atoms with E-state index in [4.69, 9.17) is 0 Å². The maximum absolute atomic E-state index is 13.3. The van der Waals surface area contributed by atoms with E-state index in [0.29, 0.717) is 19.5 Å². The lowest BCUT2D eigenvalue weighted by Gasteiger charge is -2.35. The van der Waals surface area contributed by atoms with E-state index in [2.05, 4.69) is 22.2 Å². The second-order valence-corrected chi connectivity index (χ2v) is 9.75. The molecule has 2 unspecified atom stereocenters. The zero-order valence-electron chi connectivity index (χ0n) is 18.5. The number of aryl methyl sites for hydroxylation is 2. The molecule has 3 aliphatic rings. The molecule has 2 N–H and O–H groups in total. The quantitative estimate of drug-likeness (QED) is 0.680. The van der Waals surface area contributed by atoms with Crippen molar-refractivity contribution >= 4 is 41.0 Å². The maximum atomic E-state index is 13.3. The van der Waals surface area contributed by atoms with Crippen LogP contribution in [-0.4, -0.2) is 52.1 Å². The minimum atomic E-state index is -0.525. The Balaban J connectivity index is 1.40. The summed E-state index contributed by atoms with van der Waals surface area (Å²) in [6.07, 6.45) is 3.67. The number of amides is 4. The number of pyridine rings is 1. The van der Waals surface area contributed by atoms with Crippen LogP contribution in [0.5, 0.6) is 0 Å². The molecule has 0 aliphatic carbocycles. The second-order valence-electron chi connectivity index (χ2n) is 8.62. The van der Waals surface area contributed by atoms with Crippen molar-refractivity contribution in [2.24, 2.45) is 0 Å². The Labute approximate surface area is 196 Å². The summed E-state index contributed by atoms with van der Waals surface area (Å²) < 4.78 is 0. The molecule has 8 nitrogen and oxygen atoms in total. The summed E-state index contributed by atoms with van der Waals surface area (Å²) in [4.78, 5) is 46.2. The van der Waals surface area contributed by atoms with Crippen molar-refractivity contribution in [3.63, 3.8) is 0 Å². The van der Waals surface area contributed by atoms with Gasteiger partial charge >= 0.3 is 6.03 Å². The van der Waals surface area contributed by atoms with Crippen LogP contribution >= 0.6 is 11.8 Å². The van der Waals surface area contributed by atoms with Crippen molar-refractivity contribution in [2.75, 3.05) is 18.0 Å². The predicted octanol–water partition coefficient (Wildman–Crippen LogP) is 2.98. The van der Waals surface area contributed by atoms with E-state index in [1.807, 2.05) is 38.1 Å². The fourth-order valence-electron chi connectivity index (χ4n) is 4.81. The van der Waals surface area contributed by atoms with Crippen LogP contribution in [0.4, 0.5) is 16.2 Å². The number of rotatable bonds is 4. The van der Waals surface area contributed by atoms with Gasteiger partial charge in [-0.2, -0.15) is 0 Å². The van der Waals surface area contributed by atoms with Crippen molar-refractivity contribution in [3.8, 4) is 0 Å². The third-order valence-corrected chi connectivity index (χ3v) is 7.67. The number of benzene rings is 1. The van der Waals surface area contributed by atoms with Crippen LogP contribution in [0.15, 0.2) is 48.1 Å². The van der Waals surface area contributed by atoms with Gasteiger partial charge in [0.05, 0.1) is 17.4 Å². The molecule has 1 aromatic carbocycles. The molecule has 0 radical (unpaired) electrons. The second kappa shape index (κ2) is 8.22. The van der Waals surface area contributed by atoms with Crippen molar-refractivity contribution in [2.45, 2.75) is 42.6 Å². The Morgan fingerprint density at radius 3 is 2.85 bits per heavy atom. The van der Waals surface area contributed by atoms with Gasteiger partial charge < -0.3 is 15.5 Å². The number of anilines is 2. The summed E-state index contributed by atoms with van der Waals surface area (Å²) in [6, 6.07) is 6.96. The SMILES string of the molecule is C=CC(=O)N1CCC(NC(=O)[C@@H]2Sc3nccc4c3C2NC(=O)N4c2ccc(C)cc2C)C1. The standard InChI is InChI=1S/C24H25N5O3S/c1-4-18(30)28-10-8-15(12-28)26-22(31)21-20-19-17(7-9-25-23(19)33-21)29(24(32)27-20)16-6-5-13(2)11-14(16)3/h4-7,9,11,15,20-21H,1,8,10,12H2,2-3H3,(H,26,31)(H,27,32)/t15?,20?,21-/m1/s1. The third kappa shape index (κ3) is 3.66. The van der Waals surface area contributed by atoms with Crippen LogP contribution in [0.1, 0.15) is 29.2 Å². The number of hydrogen-bond donors (Lipinski definition) is 2. The largest absolute Gasteiger partial charge is 0.350 e. The number of thioether (sulfide) groups is 1. The van der Waals surface area contributed by atoms with Crippen LogP contribution in [0, 0.1) is 13.8 Å². The highest BCUT2D eigenvalue weighted by Crippen LogP contribution is 2.50. The van der Waals surface area contributed by atoms with E-state index >= 15 is 0 Å². The Morgan fingerprint density at radius 1 is 1.27 bits per heavy atom. The van der Waals surface area contributed by atoms with E-state index in [-0.39, 0.29) is 23.9 Å². The van der Waals surface area contributed by atoms with Gasteiger partial charge in [0.15, 0.2) is 0 Å². The number of nitrogens with zero attached hydrogens (tertiary/aromatic N) is 3. The van der Waals surface area contributed by atoms with Gasteiger partial charge in [0.25, 0.3) is 0 Å². The molecule has 0 saturated carbocycles. The van der Waals surface area contributed by atoms with E-state index in [1.54, 1.807) is 16.0 Å². The molecule has 1 aromatic heterocycles. The molecule has 2 aromatic rings. The predicted molar refractivity (Wildman–Crippen MR) is 127 cm³/mol. The van der Waals surface area contributed by atoms with Gasteiger partial charge in [-0.05, 0) is 44.0 Å². The summed E-state index contributed by atoms with van der Waals surface area (Å²) in [5, 5.41) is 6.34. The highest BCUT2D eigenvalue weighted by atomic mass is 32.2. The zero-order chi connectivity index (χ0) is 23.3. The minimum Gasteiger partial charge on any atom is -0.350 e. The third-order valence-electron chi connectivity index (χ3n) is 6.38. The topological polar surface area (TPSA) is 94.6 Å². The first-order valence-corrected chi connectivity index (χ1v) is 11.8. The number of likely N-dealkylation sites (tertiary alicyclic amines) is 1. The Hall–Kier alpha value is -3.33. The zero-order valence-corrected chi connectivity index (χ0v) is 19.3. The first-order valence-electron chi connectivity index (χ1n) is 10.9. The summed E-state index contributed by atoms with van der Waals surface area (Å²) in [6.45, 7) is 8.57. The molecule has 0 bridgehead atoms. The lowest BCUT2D eigenvalue weighted by Crippen LogP contribution is -2.50. The van der Waals surface area contributed by atoms with Gasteiger partial charge in [-0.3, -0.25) is 14.5 Å². The van der Waals surface area contributed by atoms with E-state index in [9.17, 15) is 14.4 Å². The van der Waals surface area contributed by atoms with Crippen LogP contribution in [-0.2, 0) is 9.59 Å². The van der Waals surface area contributed by atoms with Gasteiger partial charge in [-0.1, -0.05) is 36.0 Å². The Morgan fingerprint density at radius 2 is 2.09 bits per heavy atom. The fraction of sp³-hybridized carbons (Fsp3) is 0.333. The molecule has 1 fully saturated rings. The molecule has 33 heavy (non-hydrogen) atoms. The van der Waals surface area contributed by atoms with Gasteiger partial charge in [0.2, 0.25) is 11.8 Å². The molecule has 1 saturated heterocycles. The van der Waals surface area contributed by atoms with Crippen LogP contribution < -0.4 is 15.5 Å². The molecular formula is C24H25N5O3S. The normalized spacial score (nSPS) is 23.2. The molecule has 4 amide bonds. The summed E-state index contributed by atoms with van der Waals surface area (Å²) in [7, 11) is 0.